The zero-order chi connectivity index (χ0) is 14.8. The first-order chi connectivity index (χ1) is 10.8. The van der Waals surface area contributed by atoms with Gasteiger partial charge in [-0.25, -0.2) is 0 Å². The normalized spacial score (nSPS) is 14.2. The summed E-state index contributed by atoms with van der Waals surface area (Å²) in [6.45, 7) is 0.948. The van der Waals surface area contributed by atoms with E-state index in [0.717, 1.165) is 41.2 Å². The molecular formula is C17H13N3O2. The summed E-state index contributed by atoms with van der Waals surface area (Å²) in [5, 5.41) is 8.12. The average molecular weight is 291 g/mol. The van der Waals surface area contributed by atoms with Gasteiger partial charge in [0.15, 0.2) is 0 Å². The highest BCUT2D eigenvalue weighted by atomic mass is 16.1. The summed E-state index contributed by atoms with van der Waals surface area (Å²) < 4.78 is 2.28. The molecule has 3 heterocycles. The number of hydrogen-bond acceptors (Lipinski definition) is 2. The number of benzene rings is 2. The van der Waals surface area contributed by atoms with Crippen LogP contribution in [0.15, 0.2) is 39.9 Å². The second kappa shape index (κ2) is 3.88. The molecule has 1 aliphatic rings. The second-order valence-corrected chi connectivity index (χ2v) is 5.85. The Morgan fingerprint density at radius 1 is 0.955 bits per heavy atom. The highest BCUT2D eigenvalue weighted by Gasteiger charge is 2.22. The Labute approximate surface area is 124 Å². The van der Waals surface area contributed by atoms with E-state index in [1.165, 1.54) is 5.52 Å². The smallest absolute Gasteiger partial charge is 0.270 e. The van der Waals surface area contributed by atoms with Crippen molar-refractivity contribution in [2.45, 2.75) is 19.4 Å². The fourth-order valence-electron chi connectivity index (χ4n) is 3.87. The van der Waals surface area contributed by atoms with Gasteiger partial charge in [-0.15, -0.1) is 0 Å². The first kappa shape index (κ1) is 11.8. The van der Waals surface area contributed by atoms with Gasteiger partial charge >= 0.3 is 0 Å². The Kier molecular flexibility index (Phi) is 2.08. The van der Waals surface area contributed by atoms with Crippen LogP contribution in [0.5, 0.6) is 0 Å². The Morgan fingerprint density at radius 3 is 2.68 bits per heavy atom. The first-order valence-electron chi connectivity index (χ1n) is 7.43. The maximum Gasteiger partial charge on any atom is 0.270 e. The number of aromatic nitrogens is 3. The highest BCUT2D eigenvalue weighted by molar-refractivity contribution is 6.14. The first-order valence-corrected chi connectivity index (χ1v) is 7.43. The summed E-state index contributed by atoms with van der Waals surface area (Å²) in [4.78, 5) is 24.4. The molecule has 0 saturated heterocycles. The molecule has 0 aliphatic carbocycles. The largest absolute Gasteiger partial charge is 0.340 e. The minimum Gasteiger partial charge on any atom is -0.340 e. The number of aryl methyl sites for hydroxylation is 2. The molecule has 5 nitrogen and oxygen atoms in total. The molecule has 0 amide bonds. The lowest BCUT2D eigenvalue weighted by atomic mass is 9.97. The summed E-state index contributed by atoms with van der Waals surface area (Å²) in [7, 11) is 0. The molecular weight excluding hydrogens is 278 g/mol. The third kappa shape index (κ3) is 1.28. The zero-order valence-electron chi connectivity index (χ0n) is 11.8. The predicted molar refractivity (Wildman–Crippen MR) is 86.5 cm³/mol. The van der Waals surface area contributed by atoms with Crippen molar-refractivity contribution in [3.8, 4) is 0 Å². The number of H-pyrrole nitrogens is 2. The van der Waals surface area contributed by atoms with Crippen LogP contribution in [-0.4, -0.2) is 14.8 Å². The summed E-state index contributed by atoms with van der Waals surface area (Å²) in [5.74, 6) is 0. The molecule has 2 aromatic heterocycles. The van der Waals surface area contributed by atoms with Gasteiger partial charge in [0.25, 0.3) is 11.1 Å². The molecule has 0 radical (unpaired) electrons. The van der Waals surface area contributed by atoms with Crippen molar-refractivity contribution in [1.29, 1.82) is 0 Å². The summed E-state index contributed by atoms with van der Waals surface area (Å²) in [6, 6.07) is 10.1. The molecule has 22 heavy (non-hydrogen) atoms. The van der Waals surface area contributed by atoms with E-state index >= 15 is 0 Å². The molecule has 5 heteroatoms. The fraction of sp³-hybridized carbons (Fsp3) is 0.176. The van der Waals surface area contributed by atoms with Crippen LogP contribution in [0.25, 0.3) is 32.6 Å². The SMILES string of the molecule is O=c1[nH][nH]c(=O)c2c3c4c(cc12)c1ccccc1n4CCC3. The van der Waals surface area contributed by atoms with Crippen molar-refractivity contribution < 1.29 is 0 Å². The van der Waals surface area contributed by atoms with Crippen LogP contribution < -0.4 is 11.1 Å². The van der Waals surface area contributed by atoms with E-state index in [1.54, 1.807) is 0 Å². The Morgan fingerprint density at radius 2 is 1.77 bits per heavy atom. The van der Waals surface area contributed by atoms with E-state index in [2.05, 4.69) is 26.9 Å². The van der Waals surface area contributed by atoms with E-state index in [1.807, 2.05) is 18.2 Å². The summed E-state index contributed by atoms with van der Waals surface area (Å²) >= 11 is 0. The number of rotatable bonds is 0. The van der Waals surface area contributed by atoms with Gasteiger partial charge in [0.1, 0.15) is 0 Å². The molecule has 0 unspecified atom stereocenters. The van der Waals surface area contributed by atoms with Gasteiger partial charge in [-0.2, -0.15) is 0 Å². The molecule has 0 spiro atoms. The second-order valence-electron chi connectivity index (χ2n) is 5.85. The number of aromatic amines is 2. The van der Waals surface area contributed by atoms with Crippen molar-refractivity contribution >= 4 is 32.6 Å². The van der Waals surface area contributed by atoms with Crippen LogP contribution in [0.4, 0.5) is 0 Å². The molecule has 0 bridgehead atoms. The monoisotopic (exact) mass is 291 g/mol. The molecule has 0 saturated carbocycles. The van der Waals surface area contributed by atoms with Crippen LogP contribution in [0, 0.1) is 0 Å². The third-order valence-corrected chi connectivity index (χ3v) is 4.73. The summed E-state index contributed by atoms with van der Waals surface area (Å²) in [6.07, 6.45) is 1.81. The van der Waals surface area contributed by atoms with Crippen molar-refractivity contribution in [2.75, 3.05) is 0 Å². The average Bonchev–Trinajstić information content (AvgIpc) is 2.87. The van der Waals surface area contributed by atoms with Gasteiger partial charge in [-0.1, -0.05) is 18.2 Å². The summed E-state index contributed by atoms with van der Waals surface area (Å²) in [5.41, 5.74) is 2.82. The van der Waals surface area contributed by atoms with E-state index in [0.29, 0.717) is 10.8 Å². The topological polar surface area (TPSA) is 70.7 Å². The Bertz CT molecular complexity index is 1190. The van der Waals surface area contributed by atoms with E-state index in [4.69, 9.17) is 0 Å². The minimum atomic E-state index is -0.241. The van der Waals surface area contributed by atoms with Crippen molar-refractivity contribution in [2.24, 2.45) is 0 Å². The molecule has 1 aliphatic heterocycles. The lowest BCUT2D eigenvalue weighted by Gasteiger charge is -2.17. The van der Waals surface area contributed by atoms with Crippen molar-refractivity contribution in [3.05, 3.63) is 56.6 Å². The van der Waals surface area contributed by atoms with E-state index < -0.39 is 0 Å². The number of para-hydroxylation sites is 1. The van der Waals surface area contributed by atoms with Gasteiger partial charge < -0.3 is 4.57 Å². The number of fused-ring (bicyclic) bond motifs is 5. The maximum atomic E-state index is 12.3. The fourth-order valence-corrected chi connectivity index (χ4v) is 3.87. The highest BCUT2D eigenvalue weighted by Crippen LogP contribution is 2.37. The van der Waals surface area contributed by atoms with Gasteiger partial charge in [0, 0.05) is 22.8 Å². The third-order valence-electron chi connectivity index (χ3n) is 4.73. The molecule has 0 atom stereocenters. The number of nitrogens with one attached hydrogen (secondary N) is 2. The standard InChI is InChI=1S/C17H13N3O2/c21-16-12-8-11-9-4-1-2-6-13(9)20-7-3-5-10(15(11)20)14(12)17(22)19-18-16/h1-2,4,6,8H,3,5,7H2,(H,18,21)(H,19,22). The van der Waals surface area contributed by atoms with Gasteiger partial charge in [0.2, 0.25) is 0 Å². The lowest BCUT2D eigenvalue weighted by molar-refractivity contribution is 0.653. The van der Waals surface area contributed by atoms with E-state index in [-0.39, 0.29) is 11.1 Å². The van der Waals surface area contributed by atoms with Gasteiger partial charge in [-0.3, -0.25) is 19.8 Å². The molecule has 5 rings (SSSR count). The predicted octanol–water partition coefficient (Wildman–Crippen LogP) is 2.27. The van der Waals surface area contributed by atoms with Crippen molar-refractivity contribution in [3.63, 3.8) is 0 Å². The van der Waals surface area contributed by atoms with Crippen molar-refractivity contribution in [1.82, 2.24) is 14.8 Å². The van der Waals surface area contributed by atoms with Crippen LogP contribution in [-0.2, 0) is 13.0 Å². The quantitative estimate of drug-likeness (QED) is 0.522. The van der Waals surface area contributed by atoms with Gasteiger partial charge in [0.05, 0.1) is 16.3 Å². The molecule has 4 aromatic rings. The maximum absolute atomic E-state index is 12.3. The number of hydrogen-bond donors (Lipinski definition) is 2. The Hall–Kier alpha value is -2.82. The number of nitrogens with zero attached hydrogens (tertiary/aromatic N) is 1. The van der Waals surface area contributed by atoms with Crippen LogP contribution >= 0.6 is 0 Å². The van der Waals surface area contributed by atoms with Gasteiger partial charge in [-0.05, 0) is 30.5 Å². The lowest BCUT2D eigenvalue weighted by Crippen LogP contribution is -2.21. The molecule has 108 valence electrons. The van der Waals surface area contributed by atoms with Crippen LogP contribution in [0.3, 0.4) is 0 Å². The Balaban J connectivity index is 2.21. The van der Waals surface area contributed by atoms with E-state index in [9.17, 15) is 9.59 Å². The van der Waals surface area contributed by atoms with Crippen LogP contribution in [0.1, 0.15) is 12.0 Å². The minimum absolute atomic E-state index is 0.217. The molecule has 2 aromatic carbocycles. The molecule has 0 fully saturated rings. The van der Waals surface area contributed by atoms with Crippen LogP contribution in [0.2, 0.25) is 0 Å². The molecule has 2 N–H and O–H groups in total. The zero-order valence-corrected chi connectivity index (χ0v) is 11.8.